The molecule has 1 saturated heterocycles. The summed E-state index contributed by atoms with van der Waals surface area (Å²) in [7, 11) is 0. The molecule has 0 saturated carbocycles. The van der Waals surface area contributed by atoms with Crippen LogP contribution in [0.25, 0.3) is 5.69 Å². The second-order valence-electron chi connectivity index (χ2n) is 9.13. The van der Waals surface area contributed by atoms with E-state index in [1.54, 1.807) is 53.1 Å². The first-order valence-electron chi connectivity index (χ1n) is 12.6. The number of thioether (sulfide) groups is 1. The number of hydrogen-bond acceptors (Lipinski definition) is 5. The van der Waals surface area contributed by atoms with Crippen LogP contribution in [0.1, 0.15) is 40.2 Å². The molecule has 194 valence electrons. The first-order chi connectivity index (χ1) is 18.5. The van der Waals surface area contributed by atoms with Gasteiger partial charge in [-0.25, -0.2) is 4.39 Å². The van der Waals surface area contributed by atoms with Crippen molar-refractivity contribution in [3.05, 3.63) is 101 Å². The maximum atomic E-state index is 13.6. The van der Waals surface area contributed by atoms with Gasteiger partial charge in [-0.1, -0.05) is 36.0 Å². The predicted molar refractivity (Wildman–Crippen MR) is 146 cm³/mol. The van der Waals surface area contributed by atoms with Crippen molar-refractivity contribution < 1.29 is 14.0 Å². The molecule has 5 rings (SSSR count). The zero-order valence-electron chi connectivity index (χ0n) is 21.1. The van der Waals surface area contributed by atoms with E-state index in [9.17, 15) is 14.0 Å². The maximum absolute atomic E-state index is 13.6. The van der Waals surface area contributed by atoms with Crippen LogP contribution in [-0.2, 0) is 17.0 Å². The summed E-state index contributed by atoms with van der Waals surface area (Å²) < 4.78 is 15.5. The van der Waals surface area contributed by atoms with Gasteiger partial charge in [0.2, 0.25) is 5.91 Å². The summed E-state index contributed by atoms with van der Waals surface area (Å²) >= 11 is 1.56. The first-order valence-corrected chi connectivity index (χ1v) is 13.5. The summed E-state index contributed by atoms with van der Waals surface area (Å²) in [6.07, 6.45) is 1.87. The fourth-order valence-electron chi connectivity index (χ4n) is 4.42. The number of nitrogens with one attached hydrogen (secondary N) is 1. The van der Waals surface area contributed by atoms with Gasteiger partial charge in [0.05, 0.1) is 0 Å². The third-order valence-electron chi connectivity index (χ3n) is 6.55. The normalized spacial score (nSPS) is 13.2. The third-order valence-corrected chi connectivity index (χ3v) is 7.53. The van der Waals surface area contributed by atoms with Crippen molar-refractivity contribution in [2.75, 3.05) is 18.0 Å². The number of carbonyl (C=O) groups is 2. The van der Waals surface area contributed by atoms with Crippen molar-refractivity contribution in [2.24, 2.45) is 0 Å². The Labute approximate surface area is 225 Å². The Balaban J connectivity index is 1.26. The molecule has 0 aliphatic carbocycles. The van der Waals surface area contributed by atoms with Gasteiger partial charge in [-0.3, -0.25) is 14.2 Å². The van der Waals surface area contributed by atoms with Gasteiger partial charge >= 0.3 is 0 Å². The largest absolute Gasteiger partial charge is 0.352 e. The zero-order chi connectivity index (χ0) is 26.5. The molecule has 1 N–H and O–H groups in total. The molecular weight excluding hydrogens is 501 g/mol. The number of rotatable bonds is 9. The van der Waals surface area contributed by atoms with Crippen molar-refractivity contribution in [1.29, 1.82) is 0 Å². The van der Waals surface area contributed by atoms with E-state index < -0.39 is 0 Å². The average molecular weight is 530 g/mol. The van der Waals surface area contributed by atoms with Crippen LogP contribution in [0.15, 0.2) is 78.0 Å². The number of aryl methyl sites for hydroxylation is 1. The number of amides is 2. The van der Waals surface area contributed by atoms with Crippen LogP contribution in [0, 0.1) is 12.7 Å². The minimum absolute atomic E-state index is 0.115. The number of hydrogen-bond donors (Lipinski definition) is 1. The second kappa shape index (κ2) is 11.6. The van der Waals surface area contributed by atoms with E-state index in [4.69, 9.17) is 0 Å². The smallest absolute Gasteiger partial charge is 0.251 e. The summed E-state index contributed by atoms with van der Waals surface area (Å²) in [4.78, 5) is 26.4. The molecule has 38 heavy (non-hydrogen) atoms. The van der Waals surface area contributed by atoms with E-state index in [1.807, 2.05) is 16.7 Å². The van der Waals surface area contributed by atoms with Gasteiger partial charge in [0.25, 0.3) is 5.91 Å². The lowest BCUT2D eigenvalue weighted by Gasteiger charge is -2.15. The van der Waals surface area contributed by atoms with Crippen LogP contribution in [0.4, 0.5) is 10.1 Å². The molecule has 2 heterocycles. The van der Waals surface area contributed by atoms with Gasteiger partial charge in [-0.15, -0.1) is 10.2 Å². The molecule has 0 bridgehead atoms. The van der Waals surface area contributed by atoms with E-state index in [-0.39, 0.29) is 17.6 Å². The Bertz CT molecular complexity index is 1440. The Hall–Kier alpha value is -3.98. The minimum atomic E-state index is -0.315. The fraction of sp³-hybridized carbons (Fsp3) is 0.241. The molecule has 0 spiro atoms. The molecule has 0 radical (unpaired) electrons. The van der Waals surface area contributed by atoms with Crippen LogP contribution >= 0.6 is 11.8 Å². The Morgan fingerprint density at radius 2 is 1.74 bits per heavy atom. The van der Waals surface area contributed by atoms with Crippen molar-refractivity contribution in [3.8, 4) is 5.69 Å². The molecular formula is C29H28FN5O2S. The van der Waals surface area contributed by atoms with E-state index in [1.165, 1.54) is 23.3 Å². The summed E-state index contributed by atoms with van der Waals surface area (Å²) in [5.74, 6) is 0.994. The summed E-state index contributed by atoms with van der Waals surface area (Å²) in [5, 5.41) is 12.4. The number of halogens is 1. The Kier molecular flexibility index (Phi) is 7.83. The Morgan fingerprint density at radius 3 is 2.45 bits per heavy atom. The number of anilines is 1. The highest BCUT2D eigenvalue weighted by atomic mass is 32.2. The van der Waals surface area contributed by atoms with Gasteiger partial charge in [-0.05, 0) is 73.0 Å². The van der Waals surface area contributed by atoms with E-state index >= 15 is 0 Å². The van der Waals surface area contributed by atoms with Crippen LogP contribution in [-0.4, -0.2) is 39.7 Å². The van der Waals surface area contributed by atoms with Crippen LogP contribution in [0.2, 0.25) is 0 Å². The molecule has 0 atom stereocenters. The molecule has 1 aromatic heterocycles. The quantitative estimate of drug-likeness (QED) is 0.305. The fourth-order valence-corrected chi connectivity index (χ4v) is 5.47. The maximum Gasteiger partial charge on any atom is 0.251 e. The molecule has 7 nitrogen and oxygen atoms in total. The molecule has 1 fully saturated rings. The zero-order valence-corrected chi connectivity index (χ0v) is 21.9. The standard InChI is InChI=1S/C29H28FN5O2S/c1-20-5-2-3-6-22(20)19-38-29-33-32-26(35(29)25-14-10-23(30)11-15-25)16-17-31-28(37)21-8-12-24(13-9-21)34-18-4-7-27(34)36/h2-3,5-6,8-15H,4,7,16-19H2,1H3,(H,31,37). The highest BCUT2D eigenvalue weighted by Crippen LogP contribution is 2.27. The SMILES string of the molecule is Cc1ccccc1CSc1nnc(CCNC(=O)c2ccc(N3CCCC3=O)cc2)n1-c1ccc(F)cc1. The van der Waals surface area contributed by atoms with Gasteiger partial charge < -0.3 is 10.2 Å². The number of benzene rings is 3. The summed E-state index contributed by atoms with van der Waals surface area (Å²) in [6, 6.07) is 21.5. The van der Waals surface area contributed by atoms with E-state index in [0.717, 1.165) is 23.5 Å². The lowest BCUT2D eigenvalue weighted by atomic mass is 10.1. The second-order valence-corrected chi connectivity index (χ2v) is 10.1. The lowest BCUT2D eigenvalue weighted by Crippen LogP contribution is -2.27. The monoisotopic (exact) mass is 529 g/mol. The molecule has 0 unspecified atom stereocenters. The molecule has 1 aliphatic rings. The topological polar surface area (TPSA) is 80.1 Å². The van der Waals surface area contributed by atoms with Crippen molar-refractivity contribution in [1.82, 2.24) is 20.1 Å². The third kappa shape index (κ3) is 5.78. The van der Waals surface area contributed by atoms with Crippen LogP contribution < -0.4 is 10.2 Å². The van der Waals surface area contributed by atoms with Crippen molar-refractivity contribution in [3.63, 3.8) is 0 Å². The molecule has 2 amide bonds. The predicted octanol–water partition coefficient (Wildman–Crippen LogP) is 5.11. The van der Waals surface area contributed by atoms with Crippen molar-refractivity contribution >= 4 is 29.3 Å². The number of nitrogens with zero attached hydrogens (tertiary/aromatic N) is 4. The van der Waals surface area contributed by atoms with Gasteiger partial charge in [0.1, 0.15) is 11.6 Å². The molecule has 3 aromatic carbocycles. The first kappa shape index (κ1) is 25.7. The van der Waals surface area contributed by atoms with Gasteiger partial charge in [-0.2, -0.15) is 0 Å². The van der Waals surface area contributed by atoms with Gasteiger partial charge in [0, 0.05) is 48.6 Å². The van der Waals surface area contributed by atoms with Crippen LogP contribution in [0.3, 0.4) is 0 Å². The number of carbonyl (C=O) groups excluding carboxylic acids is 2. The summed E-state index contributed by atoms with van der Waals surface area (Å²) in [5.41, 5.74) is 4.51. The summed E-state index contributed by atoms with van der Waals surface area (Å²) in [6.45, 7) is 3.14. The van der Waals surface area contributed by atoms with Gasteiger partial charge in [0.15, 0.2) is 5.16 Å². The number of aromatic nitrogens is 3. The highest BCUT2D eigenvalue weighted by Gasteiger charge is 2.22. The average Bonchev–Trinajstić information content (AvgIpc) is 3.54. The minimum Gasteiger partial charge on any atom is -0.352 e. The molecule has 9 heteroatoms. The van der Waals surface area contributed by atoms with E-state index in [2.05, 4.69) is 34.6 Å². The van der Waals surface area contributed by atoms with Crippen molar-refractivity contribution in [2.45, 2.75) is 37.1 Å². The lowest BCUT2D eigenvalue weighted by molar-refractivity contribution is -0.117. The molecule has 1 aliphatic heterocycles. The Morgan fingerprint density at radius 1 is 1.00 bits per heavy atom. The van der Waals surface area contributed by atoms with Crippen LogP contribution in [0.5, 0.6) is 0 Å². The van der Waals surface area contributed by atoms with E-state index in [0.29, 0.717) is 42.5 Å². The molecule has 4 aromatic rings. The highest BCUT2D eigenvalue weighted by molar-refractivity contribution is 7.98.